The lowest BCUT2D eigenvalue weighted by atomic mass is 9.43. The van der Waals surface area contributed by atoms with Crippen LogP contribution in [0.25, 0.3) is 64.4 Å². The number of anilines is 5. The highest BCUT2D eigenvalue weighted by Crippen LogP contribution is 2.58. The van der Waals surface area contributed by atoms with E-state index in [0.29, 0.717) is 23.0 Å². The van der Waals surface area contributed by atoms with Crippen LogP contribution < -0.4 is 30.1 Å². The quantitative estimate of drug-likeness (QED) is 0.165. The lowest BCUT2D eigenvalue weighted by molar-refractivity contribution is 0.332. The number of para-hydroxylation sites is 3. The molecular formula is C67H55BN2O3S. The molecule has 0 saturated heterocycles. The summed E-state index contributed by atoms with van der Waals surface area (Å²) >= 11 is 1.89. The molecule has 0 amide bonds. The molecule has 0 atom stereocenters. The summed E-state index contributed by atoms with van der Waals surface area (Å²) in [5, 5.41) is 4.76. The van der Waals surface area contributed by atoms with Gasteiger partial charge in [0.2, 0.25) is 0 Å². The molecular weight excluding hydrogens is 924 g/mol. The molecule has 360 valence electrons. The second kappa shape index (κ2) is 15.2. The van der Waals surface area contributed by atoms with Crippen LogP contribution in [0.15, 0.2) is 168 Å². The molecule has 0 unspecified atom stereocenters. The van der Waals surface area contributed by atoms with Crippen LogP contribution in [0.5, 0.6) is 23.0 Å². The molecule has 4 aliphatic rings. The van der Waals surface area contributed by atoms with Crippen LogP contribution >= 0.6 is 11.3 Å². The van der Waals surface area contributed by atoms with Crippen molar-refractivity contribution >= 4 is 99.7 Å². The number of benzene rings is 9. The monoisotopic (exact) mass is 978 g/mol. The van der Waals surface area contributed by atoms with E-state index in [-0.39, 0.29) is 23.1 Å². The normalized spacial score (nSPS) is 15.8. The number of rotatable bonds is 3. The van der Waals surface area contributed by atoms with Gasteiger partial charge in [-0.25, -0.2) is 0 Å². The zero-order valence-electron chi connectivity index (χ0n) is 43.1. The van der Waals surface area contributed by atoms with Gasteiger partial charge in [-0.2, -0.15) is 0 Å². The zero-order chi connectivity index (χ0) is 50.2. The van der Waals surface area contributed by atoms with Gasteiger partial charge >= 0.3 is 6.85 Å². The molecule has 0 fully saturated rings. The summed E-state index contributed by atoms with van der Waals surface area (Å²) in [4.78, 5) is 5.27. The lowest BCUT2D eigenvalue weighted by Crippen LogP contribution is -2.61. The number of nitrogens with zero attached hydrogens (tertiary/aromatic N) is 2. The highest BCUT2D eigenvalue weighted by Gasteiger charge is 2.49. The van der Waals surface area contributed by atoms with Crippen molar-refractivity contribution in [2.45, 2.75) is 84.5 Å². The van der Waals surface area contributed by atoms with Crippen molar-refractivity contribution in [1.82, 2.24) is 0 Å². The molecule has 0 N–H and O–H groups in total. The third-order valence-electron chi connectivity index (χ3n) is 17.0. The Balaban J connectivity index is 1.14. The van der Waals surface area contributed by atoms with Crippen LogP contribution in [0, 0.1) is 6.92 Å². The molecule has 2 aromatic heterocycles. The molecule has 0 saturated carbocycles. The van der Waals surface area contributed by atoms with Crippen molar-refractivity contribution in [2.24, 2.45) is 0 Å². The summed E-state index contributed by atoms with van der Waals surface area (Å²) in [5.74, 6) is 2.80. The van der Waals surface area contributed by atoms with E-state index in [0.717, 1.165) is 63.0 Å². The molecule has 0 bridgehead atoms. The summed E-state index contributed by atoms with van der Waals surface area (Å²) in [5.41, 5.74) is 19.8. The number of aryl methyl sites for hydroxylation is 1. The molecule has 5 nitrogen and oxygen atoms in total. The van der Waals surface area contributed by atoms with Gasteiger partial charge in [0.1, 0.15) is 11.2 Å². The second-order valence-electron chi connectivity index (χ2n) is 23.5. The maximum absolute atomic E-state index is 7.10. The van der Waals surface area contributed by atoms with E-state index in [4.69, 9.17) is 13.9 Å². The van der Waals surface area contributed by atoms with Crippen molar-refractivity contribution in [3.05, 3.63) is 186 Å². The van der Waals surface area contributed by atoms with Gasteiger partial charge in [0.05, 0.1) is 10.4 Å². The third-order valence-corrected chi connectivity index (χ3v) is 18.2. The Morgan fingerprint density at radius 3 is 1.99 bits per heavy atom. The first-order chi connectivity index (χ1) is 35.7. The van der Waals surface area contributed by atoms with Crippen LogP contribution in [0.2, 0.25) is 0 Å². The van der Waals surface area contributed by atoms with E-state index in [1.54, 1.807) is 0 Å². The number of hydrogen-bond donors (Lipinski definition) is 0. The maximum atomic E-state index is 7.10. The van der Waals surface area contributed by atoms with E-state index in [1.165, 1.54) is 75.8 Å². The minimum absolute atomic E-state index is 0.0223. The SMILES string of the molecule is Cc1cc2c(cc1N1c3cc4c(cc3B3c5c1cc1oc6ccccc6c1c5-c1ccc5c(sc6ccccc65)c1N3c1ccc(C(C)(C)C)cc1-c1ccccc1)Oc1ccccc1O4)C(C)(C)CCC2(C)C. The van der Waals surface area contributed by atoms with Gasteiger partial charge in [-0.05, 0) is 129 Å². The first kappa shape index (κ1) is 43.8. The summed E-state index contributed by atoms with van der Waals surface area (Å²) < 4.78 is 23.5. The smallest absolute Gasteiger partial charge is 0.333 e. The first-order valence-electron chi connectivity index (χ1n) is 26.2. The molecule has 9 aromatic carbocycles. The fraction of sp³-hybridized carbons (Fsp3) is 0.194. The Hall–Kier alpha value is -7.74. The Bertz CT molecular complexity index is 4230. The summed E-state index contributed by atoms with van der Waals surface area (Å²) in [7, 11) is 0. The molecule has 74 heavy (non-hydrogen) atoms. The van der Waals surface area contributed by atoms with Gasteiger partial charge in [0, 0.05) is 72.3 Å². The first-order valence-corrected chi connectivity index (χ1v) is 27.0. The Morgan fingerprint density at radius 1 is 0.554 bits per heavy atom. The van der Waals surface area contributed by atoms with Crippen LogP contribution in [0.4, 0.5) is 28.4 Å². The van der Waals surface area contributed by atoms with Crippen molar-refractivity contribution in [2.75, 3.05) is 9.71 Å². The molecule has 5 heterocycles. The highest BCUT2D eigenvalue weighted by molar-refractivity contribution is 7.26. The molecule has 0 spiro atoms. The standard InChI is InChI=1S/C67H55BN2O3S/c1-38-32-46-47(67(7,8)31-30-66(46,5)6)34-50(38)69-51-36-57-56(72-54-23-15-16-24-55(54)73-57)35-48(51)68-62-52(69)37-58-60(43-21-12-14-22-53(43)71-58)61(62)44-28-27-42-41-20-13-17-25-59(41)74-64(42)63(44)70(68)49-29-26-40(65(2,3)4)33-45(49)39-18-10-9-11-19-39/h9-29,32-37H,30-31H2,1-8H3. The van der Waals surface area contributed by atoms with Crippen LogP contribution in [-0.2, 0) is 16.2 Å². The number of furan rings is 1. The molecule has 7 heteroatoms. The Labute approximate surface area is 436 Å². The van der Waals surface area contributed by atoms with E-state index >= 15 is 0 Å². The number of thiophene rings is 1. The largest absolute Gasteiger partial charge is 0.456 e. The van der Waals surface area contributed by atoms with Gasteiger partial charge in [-0.3, -0.25) is 0 Å². The van der Waals surface area contributed by atoms with E-state index in [9.17, 15) is 0 Å². The molecule has 3 aliphatic heterocycles. The summed E-state index contributed by atoms with van der Waals surface area (Å²) in [6, 6.07) is 60.5. The minimum atomic E-state index is -0.338. The molecule has 0 radical (unpaired) electrons. The third kappa shape index (κ3) is 6.16. The van der Waals surface area contributed by atoms with Crippen molar-refractivity contribution in [3.8, 4) is 45.3 Å². The maximum Gasteiger partial charge on any atom is 0.333 e. The Morgan fingerprint density at radius 2 is 1.23 bits per heavy atom. The predicted octanol–water partition coefficient (Wildman–Crippen LogP) is 18.2. The number of ether oxygens (including phenoxy) is 2. The van der Waals surface area contributed by atoms with Crippen molar-refractivity contribution in [1.29, 1.82) is 0 Å². The highest BCUT2D eigenvalue weighted by atomic mass is 32.1. The lowest BCUT2D eigenvalue weighted by Gasteiger charge is -2.47. The van der Waals surface area contributed by atoms with E-state index < -0.39 is 0 Å². The fourth-order valence-electron chi connectivity index (χ4n) is 13.1. The van der Waals surface area contributed by atoms with Crippen LogP contribution in [-0.4, -0.2) is 6.85 Å². The van der Waals surface area contributed by atoms with Crippen LogP contribution in [0.3, 0.4) is 0 Å². The average Bonchev–Trinajstić information content (AvgIpc) is 4.11. The Kier molecular flexibility index (Phi) is 8.99. The predicted molar refractivity (Wildman–Crippen MR) is 311 cm³/mol. The van der Waals surface area contributed by atoms with Gasteiger partial charge in [0.15, 0.2) is 23.0 Å². The zero-order valence-corrected chi connectivity index (χ0v) is 43.9. The molecule has 1 aliphatic carbocycles. The van der Waals surface area contributed by atoms with Crippen LogP contribution in [0.1, 0.15) is 83.6 Å². The van der Waals surface area contributed by atoms with Crippen molar-refractivity contribution < 1.29 is 13.9 Å². The minimum Gasteiger partial charge on any atom is -0.456 e. The van der Waals surface area contributed by atoms with E-state index in [1.807, 2.05) is 35.6 Å². The second-order valence-corrected chi connectivity index (χ2v) is 24.6. The number of fused-ring (bicyclic) bond motifs is 15. The number of hydrogen-bond acceptors (Lipinski definition) is 6. The summed E-state index contributed by atoms with van der Waals surface area (Å²) in [6.45, 7) is 18.6. The fourth-order valence-corrected chi connectivity index (χ4v) is 14.3. The average molecular weight is 979 g/mol. The molecule has 11 aromatic rings. The van der Waals surface area contributed by atoms with Crippen molar-refractivity contribution in [3.63, 3.8) is 0 Å². The molecule has 15 rings (SSSR count). The topological polar surface area (TPSA) is 38.1 Å². The summed E-state index contributed by atoms with van der Waals surface area (Å²) in [6.07, 6.45) is 2.26. The van der Waals surface area contributed by atoms with Gasteiger partial charge in [-0.1, -0.05) is 152 Å². The van der Waals surface area contributed by atoms with Gasteiger partial charge in [0.25, 0.3) is 0 Å². The van der Waals surface area contributed by atoms with E-state index in [2.05, 4.69) is 205 Å². The van der Waals surface area contributed by atoms with Gasteiger partial charge < -0.3 is 23.6 Å². The van der Waals surface area contributed by atoms with Gasteiger partial charge in [-0.15, -0.1) is 11.3 Å².